The molecule has 0 saturated carbocycles. The number of aromatic nitrogens is 1. The molecule has 0 amide bonds. The largest absolute Gasteiger partial charge is 0.494 e. The molecule has 0 atom stereocenters. The van der Waals surface area contributed by atoms with E-state index < -0.39 is 0 Å². The summed E-state index contributed by atoms with van der Waals surface area (Å²) in [6, 6.07) is 17.1. The highest BCUT2D eigenvalue weighted by atomic mass is 35.5. The molecule has 3 nitrogen and oxygen atoms in total. The minimum Gasteiger partial charge on any atom is -0.494 e. The Kier molecular flexibility index (Phi) is 5.13. The third kappa shape index (κ3) is 2.99. The molecule has 144 valence electrons. The van der Waals surface area contributed by atoms with Crippen LogP contribution < -0.4 is 9.22 Å². The smallest absolute Gasteiger partial charge is 0.240 e. The zero-order chi connectivity index (χ0) is 19.7. The summed E-state index contributed by atoms with van der Waals surface area (Å²) in [7, 11) is 0. The van der Waals surface area contributed by atoms with Crippen LogP contribution in [0.1, 0.15) is 27.2 Å². The maximum absolute atomic E-state index is 6.30. The second-order valence-corrected chi connectivity index (χ2v) is 7.67. The van der Waals surface area contributed by atoms with Crippen LogP contribution in [0.5, 0.6) is 5.75 Å². The summed E-state index contributed by atoms with van der Waals surface area (Å²) < 4.78 is 6.48. The van der Waals surface area contributed by atoms with Crippen molar-refractivity contribution in [1.29, 1.82) is 0 Å². The van der Waals surface area contributed by atoms with Crippen molar-refractivity contribution >= 4 is 23.1 Å². The third-order valence-corrected chi connectivity index (χ3v) is 5.93. The summed E-state index contributed by atoms with van der Waals surface area (Å²) in [6.07, 6.45) is 2.78. The molecule has 4 rings (SSSR count). The molecule has 0 unspecified atom stereocenters. The van der Waals surface area contributed by atoms with Gasteiger partial charge in [-0.1, -0.05) is 30.7 Å². The molecule has 1 aliphatic heterocycles. The summed E-state index contributed by atoms with van der Waals surface area (Å²) >= 11 is 6.30. The lowest BCUT2D eigenvalue weighted by molar-refractivity contribution is 0.317. The van der Waals surface area contributed by atoms with Gasteiger partial charge in [0.25, 0.3) is 0 Å². The van der Waals surface area contributed by atoms with Gasteiger partial charge in [0.1, 0.15) is 11.4 Å². The molecule has 4 heteroatoms. The van der Waals surface area contributed by atoms with Crippen molar-refractivity contribution in [3.8, 4) is 28.0 Å². The van der Waals surface area contributed by atoms with E-state index in [2.05, 4.69) is 57.2 Å². The topological polar surface area (TPSA) is 22.1 Å². The van der Waals surface area contributed by atoms with E-state index >= 15 is 0 Å². The molecule has 28 heavy (non-hydrogen) atoms. The fourth-order valence-electron chi connectivity index (χ4n) is 4.22. The second kappa shape index (κ2) is 7.57. The molecule has 1 aromatic heterocycles. The first-order valence-electron chi connectivity index (χ1n) is 10.0. The van der Waals surface area contributed by atoms with Crippen LogP contribution in [0.3, 0.4) is 0 Å². The highest BCUT2D eigenvalue weighted by Gasteiger charge is 2.43. The summed E-state index contributed by atoms with van der Waals surface area (Å²) in [5.41, 5.74) is 6.06. The number of nitrogens with zero attached hydrogens (tertiary/aromatic N) is 2. The Morgan fingerprint density at radius 3 is 2.29 bits per heavy atom. The van der Waals surface area contributed by atoms with Gasteiger partial charge in [-0.2, -0.15) is 0 Å². The second-order valence-electron chi connectivity index (χ2n) is 7.23. The van der Waals surface area contributed by atoms with Gasteiger partial charge >= 0.3 is 0 Å². The van der Waals surface area contributed by atoms with Crippen molar-refractivity contribution in [3.05, 3.63) is 59.8 Å². The van der Waals surface area contributed by atoms with Gasteiger partial charge in [-0.3, -0.25) is 0 Å². The number of halogens is 1. The summed E-state index contributed by atoms with van der Waals surface area (Å²) in [5.74, 6) is 2.02. The maximum Gasteiger partial charge on any atom is 0.240 e. The SMILES string of the molecule is CCCOc1ccc(-c2ccc3c(c2)-c2cc(Cl)cnc2[N+]3(CC)CC)cc1. The van der Waals surface area contributed by atoms with Crippen LogP contribution in [-0.4, -0.2) is 24.7 Å². The van der Waals surface area contributed by atoms with E-state index in [1.807, 2.05) is 12.1 Å². The predicted octanol–water partition coefficient (Wildman–Crippen LogP) is 6.85. The molecule has 0 N–H and O–H groups in total. The van der Waals surface area contributed by atoms with Crippen LogP contribution in [-0.2, 0) is 0 Å². The minimum absolute atomic E-state index is 0.680. The van der Waals surface area contributed by atoms with Crippen LogP contribution in [0.25, 0.3) is 22.3 Å². The lowest BCUT2D eigenvalue weighted by Gasteiger charge is -2.31. The predicted molar refractivity (Wildman–Crippen MR) is 118 cm³/mol. The summed E-state index contributed by atoms with van der Waals surface area (Å²) in [5, 5.41) is 0.680. The van der Waals surface area contributed by atoms with E-state index in [-0.39, 0.29) is 0 Å². The highest BCUT2D eigenvalue weighted by molar-refractivity contribution is 6.31. The third-order valence-electron chi connectivity index (χ3n) is 5.73. The molecule has 0 radical (unpaired) electrons. The molecule has 2 heterocycles. The zero-order valence-corrected chi connectivity index (χ0v) is 17.5. The fraction of sp³-hybridized carbons (Fsp3) is 0.292. The number of fused-ring (bicyclic) bond motifs is 3. The Bertz CT molecular complexity index is 994. The average molecular weight is 394 g/mol. The number of hydrogen-bond acceptors (Lipinski definition) is 2. The quantitative estimate of drug-likeness (QED) is 0.427. The van der Waals surface area contributed by atoms with E-state index in [0.717, 1.165) is 47.7 Å². The first-order valence-corrected chi connectivity index (χ1v) is 10.4. The van der Waals surface area contributed by atoms with E-state index in [1.54, 1.807) is 6.20 Å². The van der Waals surface area contributed by atoms with E-state index in [1.165, 1.54) is 22.4 Å². The first-order chi connectivity index (χ1) is 13.6. The number of quaternary nitrogens is 1. The van der Waals surface area contributed by atoms with Crippen molar-refractivity contribution in [2.75, 3.05) is 19.7 Å². The Morgan fingerprint density at radius 2 is 1.61 bits per heavy atom. The Labute approximate surface area is 172 Å². The number of ether oxygens (including phenoxy) is 1. The number of benzene rings is 2. The lowest BCUT2D eigenvalue weighted by atomic mass is 9.99. The van der Waals surface area contributed by atoms with Crippen molar-refractivity contribution in [2.45, 2.75) is 27.2 Å². The number of rotatable bonds is 6. The summed E-state index contributed by atoms with van der Waals surface area (Å²) in [6.45, 7) is 9.24. The van der Waals surface area contributed by atoms with E-state index in [0.29, 0.717) is 5.02 Å². The normalized spacial score (nSPS) is 13.9. The van der Waals surface area contributed by atoms with Gasteiger partial charge in [0.05, 0.1) is 42.0 Å². The molecule has 3 aromatic rings. The van der Waals surface area contributed by atoms with Gasteiger partial charge in [0, 0.05) is 6.07 Å². The average Bonchev–Trinajstić information content (AvgIpc) is 3.01. The zero-order valence-electron chi connectivity index (χ0n) is 16.7. The van der Waals surface area contributed by atoms with Gasteiger partial charge in [0.15, 0.2) is 0 Å². The maximum atomic E-state index is 6.30. The highest BCUT2D eigenvalue weighted by Crippen LogP contribution is 2.53. The van der Waals surface area contributed by atoms with Crippen LogP contribution >= 0.6 is 11.6 Å². The van der Waals surface area contributed by atoms with Crippen LogP contribution in [0.2, 0.25) is 5.02 Å². The molecule has 0 bridgehead atoms. The van der Waals surface area contributed by atoms with Gasteiger partial charge < -0.3 is 4.74 Å². The van der Waals surface area contributed by atoms with Crippen LogP contribution in [0.15, 0.2) is 54.7 Å². The Balaban J connectivity index is 1.79. The van der Waals surface area contributed by atoms with Gasteiger partial charge in [-0.05, 0) is 61.7 Å². The standard InChI is InChI=1S/C24H26ClN2O/c1-4-13-28-20-10-7-17(8-11-20)18-9-12-23-21(14-18)22-15-19(25)16-26-24(22)27(23,5-2)6-3/h7-12,14-16H,4-6,13H2,1-3H3/q+1. The van der Waals surface area contributed by atoms with Gasteiger partial charge in [-0.25, -0.2) is 9.47 Å². The molecular weight excluding hydrogens is 368 g/mol. The monoisotopic (exact) mass is 393 g/mol. The lowest BCUT2D eigenvalue weighted by Crippen LogP contribution is -2.42. The minimum atomic E-state index is 0.680. The molecule has 0 aliphatic carbocycles. The molecule has 0 fully saturated rings. The Morgan fingerprint density at radius 1 is 0.893 bits per heavy atom. The Hall–Kier alpha value is -2.36. The first kappa shape index (κ1) is 19.0. The summed E-state index contributed by atoms with van der Waals surface area (Å²) in [4.78, 5) is 4.74. The molecule has 1 aliphatic rings. The van der Waals surface area contributed by atoms with Crippen molar-refractivity contribution in [2.24, 2.45) is 0 Å². The van der Waals surface area contributed by atoms with E-state index in [9.17, 15) is 0 Å². The number of hydrogen-bond donors (Lipinski definition) is 0. The van der Waals surface area contributed by atoms with E-state index in [4.69, 9.17) is 21.3 Å². The van der Waals surface area contributed by atoms with Crippen molar-refractivity contribution in [1.82, 2.24) is 9.47 Å². The number of pyridine rings is 1. The fourth-order valence-corrected chi connectivity index (χ4v) is 4.38. The van der Waals surface area contributed by atoms with Crippen LogP contribution in [0, 0.1) is 0 Å². The molecule has 2 aromatic carbocycles. The van der Waals surface area contributed by atoms with Gasteiger partial charge in [-0.15, -0.1) is 0 Å². The molecular formula is C24H26ClN2O+. The molecule has 0 spiro atoms. The van der Waals surface area contributed by atoms with Crippen LogP contribution in [0.4, 0.5) is 11.5 Å². The van der Waals surface area contributed by atoms with Crippen molar-refractivity contribution < 1.29 is 4.74 Å². The van der Waals surface area contributed by atoms with Gasteiger partial charge in [0.2, 0.25) is 5.82 Å². The van der Waals surface area contributed by atoms with Crippen molar-refractivity contribution in [3.63, 3.8) is 0 Å². The molecule has 0 saturated heterocycles.